The number of rotatable bonds is 6. The van der Waals surface area contributed by atoms with Gasteiger partial charge in [0.25, 0.3) is 0 Å². The van der Waals surface area contributed by atoms with Crippen LogP contribution in [0.1, 0.15) is 23.2 Å². The summed E-state index contributed by atoms with van der Waals surface area (Å²) in [5, 5.41) is 4.33. The molecule has 0 aliphatic carbocycles. The summed E-state index contributed by atoms with van der Waals surface area (Å²) in [5.74, 6) is 1.82. The molecule has 0 saturated carbocycles. The topological polar surface area (TPSA) is 98.8 Å². The Kier molecular flexibility index (Phi) is 4.63. The molecule has 0 aliphatic rings. The van der Waals surface area contributed by atoms with Gasteiger partial charge in [-0.05, 0) is 12.5 Å². The third-order valence-electron chi connectivity index (χ3n) is 3.40. The van der Waals surface area contributed by atoms with Crippen molar-refractivity contribution in [1.29, 1.82) is 0 Å². The van der Waals surface area contributed by atoms with E-state index in [1.807, 2.05) is 0 Å². The molecule has 3 aromatic heterocycles. The van der Waals surface area contributed by atoms with E-state index in [0.717, 1.165) is 28.0 Å². The van der Waals surface area contributed by atoms with E-state index >= 15 is 0 Å². The van der Waals surface area contributed by atoms with Crippen molar-refractivity contribution in [1.82, 2.24) is 19.9 Å². The van der Waals surface area contributed by atoms with Crippen LogP contribution < -0.4 is 11.1 Å². The van der Waals surface area contributed by atoms with Crippen molar-refractivity contribution < 1.29 is 4.74 Å². The fraction of sp³-hybridized carbons (Fsp3) is 0.333. The Morgan fingerprint density at radius 3 is 2.91 bits per heavy atom. The van der Waals surface area contributed by atoms with Crippen molar-refractivity contribution in [3.63, 3.8) is 0 Å². The maximum Gasteiger partial charge on any atom is 0.156 e. The Hall–Kier alpha value is -2.32. The molecule has 0 fully saturated rings. The molecule has 3 rings (SSSR count). The molecule has 0 atom stereocenters. The molecule has 0 unspecified atom stereocenters. The van der Waals surface area contributed by atoms with Crippen LogP contribution in [0, 0.1) is 0 Å². The monoisotopic (exact) mass is 330 g/mol. The lowest BCUT2D eigenvalue weighted by Gasteiger charge is -2.09. The van der Waals surface area contributed by atoms with Crippen molar-refractivity contribution in [2.75, 3.05) is 18.2 Å². The van der Waals surface area contributed by atoms with Crippen LogP contribution in [0.4, 0.5) is 11.6 Å². The Morgan fingerprint density at radius 2 is 2.17 bits per heavy atom. The van der Waals surface area contributed by atoms with Gasteiger partial charge in [-0.25, -0.2) is 19.9 Å². The van der Waals surface area contributed by atoms with Crippen molar-refractivity contribution in [2.45, 2.75) is 26.5 Å². The van der Waals surface area contributed by atoms with Gasteiger partial charge in [0.15, 0.2) is 5.82 Å². The number of nitrogens with zero attached hydrogens (tertiary/aromatic N) is 4. The van der Waals surface area contributed by atoms with Gasteiger partial charge in [0.2, 0.25) is 0 Å². The second-order valence-corrected chi connectivity index (χ2v) is 6.11. The predicted molar refractivity (Wildman–Crippen MR) is 91.3 cm³/mol. The number of aromatic nitrogens is 4. The van der Waals surface area contributed by atoms with E-state index in [1.54, 1.807) is 31.0 Å². The molecule has 120 valence electrons. The first-order valence-corrected chi connectivity index (χ1v) is 8.09. The smallest absolute Gasteiger partial charge is 0.156 e. The quantitative estimate of drug-likeness (QED) is 0.716. The number of methoxy groups -OCH3 is 1. The predicted octanol–water partition coefficient (Wildman–Crippen LogP) is 2.38. The van der Waals surface area contributed by atoms with Crippen LogP contribution in [0.3, 0.4) is 0 Å². The summed E-state index contributed by atoms with van der Waals surface area (Å²) in [6, 6.07) is 2.13. The molecule has 0 aromatic carbocycles. The zero-order valence-electron chi connectivity index (χ0n) is 13.0. The van der Waals surface area contributed by atoms with Gasteiger partial charge in [-0.2, -0.15) is 0 Å². The van der Waals surface area contributed by atoms with Crippen molar-refractivity contribution in [3.8, 4) is 0 Å². The molecule has 3 heterocycles. The Balaban J connectivity index is 1.79. The van der Waals surface area contributed by atoms with E-state index in [1.165, 1.54) is 4.88 Å². The first-order valence-electron chi connectivity index (χ1n) is 7.27. The fourth-order valence-electron chi connectivity index (χ4n) is 2.19. The summed E-state index contributed by atoms with van der Waals surface area (Å²) >= 11 is 1.69. The number of nitrogen functional groups attached to an aromatic ring is 1. The number of hydrogen-bond donors (Lipinski definition) is 2. The summed E-state index contributed by atoms with van der Waals surface area (Å²) in [7, 11) is 1.60. The second-order valence-electron chi connectivity index (χ2n) is 4.99. The molecule has 7 nitrogen and oxygen atoms in total. The molecule has 0 aliphatic heterocycles. The normalized spacial score (nSPS) is 11.0. The average Bonchev–Trinajstić information content (AvgIpc) is 2.98. The van der Waals surface area contributed by atoms with Crippen LogP contribution in [-0.4, -0.2) is 27.0 Å². The number of aryl methyl sites for hydroxylation is 1. The molecule has 0 radical (unpaired) electrons. The summed E-state index contributed by atoms with van der Waals surface area (Å²) in [4.78, 5) is 19.4. The maximum absolute atomic E-state index is 5.98. The van der Waals surface area contributed by atoms with E-state index in [4.69, 9.17) is 10.5 Å². The SMILES string of the molecule is CCc1cc2c(NCc3cnc(COC)nc3N)ncnc2s1. The molecule has 8 heteroatoms. The molecule has 0 bridgehead atoms. The minimum atomic E-state index is 0.346. The van der Waals surface area contributed by atoms with Crippen LogP contribution in [0.2, 0.25) is 0 Å². The minimum absolute atomic E-state index is 0.346. The third kappa shape index (κ3) is 3.38. The van der Waals surface area contributed by atoms with Crippen LogP contribution in [0.5, 0.6) is 0 Å². The van der Waals surface area contributed by atoms with Crippen molar-refractivity contribution >= 4 is 33.2 Å². The summed E-state index contributed by atoms with van der Waals surface area (Å²) < 4.78 is 5.00. The van der Waals surface area contributed by atoms with Crippen LogP contribution >= 0.6 is 11.3 Å². The van der Waals surface area contributed by atoms with Gasteiger partial charge >= 0.3 is 0 Å². The molecular weight excluding hydrogens is 312 g/mol. The highest BCUT2D eigenvalue weighted by Crippen LogP contribution is 2.28. The molecule has 23 heavy (non-hydrogen) atoms. The lowest BCUT2D eigenvalue weighted by atomic mass is 10.2. The lowest BCUT2D eigenvalue weighted by Crippen LogP contribution is -2.09. The van der Waals surface area contributed by atoms with E-state index in [0.29, 0.717) is 24.8 Å². The highest BCUT2D eigenvalue weighted by Gasteiger charge is 2.09. The minimum Gasteiger partial charge on any atom is -0.383 e. The summed E-state index contributed by atoms with van der Waals surface area (Å²) in [5.41, 5.74) is 6.80. The van der Waals surface area contributed by atoms with Gasteiger partial charge in [0.05, 0.1) is 5.39 Å². The first kappa shape index (κ1) is 15.6. The zero-order valence-corrected chi connectivity index (χ0v) is 13.9. The fourth-order valence-corrected chi connectivity index (χ4v) is 3.13. The van der Waals surface area contributed by atoms with E-state index in [9.17, 15) is 0 Å². The largest absolute Gasteiger partial charge is 0.383 e. The molecule has 0 saturated heterocycles. The van der Waals surface area contributed by atoms with Gasteiger partial charge in [-0.1, -0.05) is 6.92 Å². The summed E-state index contributed by atoms with van der Waals surface area (Å²) in [6.07, 6.45) is 4.28. The standard InChI is InChI=1S/C15H18N6OS/c1-3-10-4-11-14(19-8-20-15(11)23-10)18-6-9-5-17-12(7-22-2)21-13(9)16/h4-5,8H,3,6-7H2,1-2H3,(H2,16,17,21)(H,18,19,20). The molecule has 0 spiro atoms. The van der Waals surface area contributed by atoms with Crippen LogP contribution in [0.15, 0.2) is 18.6 Å². The van der Waals surface area contributed by atoms with Crippen molar-refractivity contribution in [3.05, 3.63) is 34.9 Å². The number of hydrogen-bond acceptors (Lipinski definition) is 8. The number of nitrogens with one attached hydrogen (secondary N) is 1. The first-order chi connectivity index (χ1) is 11.2. The number of thiophene rings is 1. The lowest BCUT2D eigenvalue weighted by molar-refractivity contribution is 0.178. The van der Waals surface area contributed by atoms with E-state index in [2.05, 4.69) is 38.2 Å². The third-order valence-corrected chi connectivity index (χ3v) is 4.58. The zero-order chi connectivity index (χ0) is 16.2. The molecule has 0 amide bonds. The van der Waals surface area contributed by atoms with Gasteiger partial charge in [-0.15, -0.1) is 11.3 Å². The number of fused-ring (bicyclic) bond motifs is 1. The van der Waals surface area contributed by atoms with Gasteiger partial charge in [-0.3, -0.25) is 0 Å². The van der Waals surface area contributed by atoms with Crippen molar-refractivity contribution in [2.24, 2.45) is 0 Å². The maximum atomic E-state index is 5.98. The molecule has 3 aromatic rings. The van der Waals surface area contributed by atoms with Crippen LogP contribution in [-0.2, 0) is 24.3 Å². The Labute approximate surface area is 138 Å². The molecule has 3 N–H and O–H groups in total. The van der Waals surface area contributed by atoms with Crippen LogP contribution in [0.25, 0.3) is 10.2 Å². The number of anilines is 2. The van der Waals surface area contributed by atoms with Gasteiger partial charge in [0, 0.05) is 30.3 Å². The molecular formula is C15H18N6OS. The number of ether oxygens (including phenoxy) is 1. The number of nitrogens with two attached hydrogens (primary N) is 1. The summed E-state index contributed by atoms with van der Waals surface area (Å²) in [6.45, 7) is 2.98. The highest BCUT2D eigenvalue weighted by atomic mass is 32.1. The Bertz CT molecular complexity index is 819. The van der Waals surface area contributed by atoms with E-state index in [-0.39, 0.29) is 0 Å². The second kappa shape index (κ2) is 6.84. The highest BCUT2D eigenvalue weighted by molar-refractivity contribution is 7.18. The van der Waals surface area contributed by atoms with E-state index < -0.39 is 0 Å². The van der Waals surface area contributed by atoms with Gasteiger partial charge in [0.1, 0.15) is 29.4 Å². The average molecular weight is 330 g/mol. The Morgan fingerprint density at radius 1 is 1.30 bits per heavy atom. The van der Waals surface area contributed by atoms with Gasteiger partial charge < -0.3 is 15.8 Å².